The number of hydrogen-bond donors (Lipinski definition) is 1. The molecule has 0 spiro atoms. The molecule has 2 aromatic heterocycles. The molecule has 0 radical (unpaired) electrons. The maximum atomic E-state index is 6.28. The lowest BCUT2D eigenvalue weighted by Gasteiger charge is -2.28. The van der Waals surface area contributed by atoms with Crippen LogP contribution in [0.1, 0.15) is 56.7 Å². The highest BCUT2D eigenvalue weighted by Gasteiger charge is 2.22. The molecule has 1 saturated heterocycles. The molecule has 4 aromatic rings. The van der Waals surface area contributed by atoms with Crippen LogP contribution in [-0.2, 0) is 0 Å². The lowest BCUT2D eigenvalue weighted by Crippen LogP contribution is -2.36. The van der Waals surface area contributed by atoms with Gasteiger partial charge in [0.25, 0.3) is 0 Å². The van der Waals surface area contributed by atoms with E-state index in [0.717, 1.165) is 37.1 Å². The summed E-state index contributed by atoms with van der Waals surface area (Å²) in [5, 5.41) is 10.7. The Morgan fingerprint density at radius 1 is 0.970 bits per heavy atom. The molecule has 33 heavy (non-hydrogen) atoms. The Kier molecular flexibility index (Phi) is 5.89. The summed E-state index contributed by atoms with van der Waals surface area (Å²) in [6.07, 6.45) is 3.99. The minimum Gasteiger partial charge on any atom is -0.460 e. The monoisotopic (exact) mass is 444 g/mol. The van der Waals surface area contributed by atoms with Gasteiger partial charge in [-0.05, 0) is 49.1 Å². The van der Waals surface area contributed by atoms with Crippen LogP contribution in [0.3, 0.4) is 0 Å². The second-order valence-electron chi connectivity index (χ2n) is 9.37. The van der Waals surface area contributed by atoms with Crippen molar-refractivity contribution in [3.05, 3.63) is 59.8 Å². The largest absolute Gasteiger partial charge is 0.460 e. The molecule has 2 aromatic carbocycles. The third-order valence-corrected chi connectivity index (χ3v) is 6.57. The topological polar surface area (TPSA) is 67.6 Å². The number of likely N-dealkylation sites (tertiary alicyclic amines) is 1. The van der Waals surface area contributed by atoms with Crippen LogP contribution in [0.4, 0.5) is 5.95 Å². The number of hydrogen-bond acceptors (Lipinski definition) is 6. The van der Waals surface area contributed by atoms with Crippen LogP contribution in [0.2, 0.25) is 0 Å². The molecule has 0 unspecified atom stereocenters. The summed E-state index contributed by atoms with van der Waals surface area (Å²) in [5.41, 5.74) is 3.11. The number of aromatic nitrogens is 4. The summed E-state index contributed by atoms with van der Waals surface area (Å²) in [5.74, 6) is 0.951. The number of anilines is 1. The lowest BCUT2D eigenvalue weighted by atomic mass is 10.00. The Morgan fingerprint density at radius 2 is 1.73 bits per heavy atom. The van der Waals surface area contributed by atoms with Crippen LogP contribution >= 0.6 is 0 Å². The SMILES string of the molecule is CC(C)c1cnn2c(N[C@@H](C)c3cccc4ccccc34)nc(OC3CCN(C)CC3)nc12. The Hall–Kier alpha value is -3.19. The summed E-state index contributed by atoms with van der Waals surface area (Å²) < 4.78 is 8.09. The molecule has 1 aliphatic rings. The van der Waals surface area contributed by atoms with Gasteiger partial charge in [0.15, 0.2) is 5.65 Å². The first-order chi connectivity index (χ1) is 16.0. The zero-order chi connectivity index (χ0) is 22.9. The van der Waals surface area contributed by atoms with Gasteiger partial charge in [0, 0.05) is 18.7 Å². The van der Waals surface area contributed by atoms with Crippen molar-refractivity contribution in [3.8, 4) is 6.01 Å². The second kappa shape index (κ2) is 8.98. The van der Waals surface area contributed by atoms with Crippen molar-refractivity contribution in [2.24, 2.45) is 0 Å². The lowest BCUT2D eigenvalue weighted by molar-refractivity contribution is 0.105. The Labute approximate surface area is 194 Å². The van der Waals surface area contributed by atoms with Gasteiger partial charge < -0.3 is 15.0 Å². The molecule has 1 N–H and O–H groups in total. The van der Waals surface area contributed by atoms with E-state index in [1.807, 2.05) is 6.20 Å². The molecule has 1 fully saturated rings. The van der Waals surface area contributed by atoms with Gasteiger partial charge in [-0.2, -0.15) is 19.6 Å². The van der Waals surface area contributed by atoms with Crippen molar-refractivity contribution in [1.82, 2.24) is 24.5 Å². The number of fused-ring (bicyclic) bond motifs is 2. The van der Waals surface area contributed by atoms with E-state index in [-0.39, 0.29) is 12.1 Å². The Bertz CT molecular complexity index is 1250. The number of ether oxygens (including phenoxy) is 1. The van der Waals surface area contributed by atoms with Gasteiger partial charge in [-0.15, -0.1) is 0 Å². The first kappa shape index (κ1) is 21.6. The van der Waals surface area contributed by atoms with Crippen LogP contribution in [0, 0.1) is 0 Å². The van der Waals surface area contributed by atoms with Crippen molar-refractivity contribution < 1.29 is 4.74 Å². The molecule has 172 valence electrons. The van der Waals surface area contributed by atoms with E-state index in [1.165, 1.54) is 16.3 Å². The van der Waals surface area contributed by atoms with Gasteiger partial charge in [0.05, 0.1) is 12.2 Å². The molecule has 5 rings (SSSR count). The second-order valence-corrected chi connectivity index (χ2v) is 9.37. The Balaban J connectivity index is 1.50. The number of benzene rings is 2. The van der Waals surface area contributed by atoms with Crippen LogP contribution in [0.25, 0.3) is 16.4 Å². The molecule has 0 bridgehead atoms. The summed E-state index contributed by atoms with van der Waals surface area (Å²) in [6.45, 7) is 8.52. The van der Waals surface area contributed by atoms with Crippen molar-refractivity contribution in [3.63, 3.8) is 0 Å². The van der Waals surface area contributed by atoms with E-state index in [9.17, 15) is 0 Å². The molecule has 1 aliphatic heterocycles. The maximum Gasteiger partial charge on any atom is 0.322 e. The smallest absolute Gasteiger partial charge is 0.322 e. The zero-order valence-corrected chi connectivity index (χ0v) is 19.8. The average molecular weight is 445 g/mol. The minimum atomic E-state index is 0.0251. The van der Waals surface area contributed by atoms with E-state index in [2.05, 4.69) is 85.6 Å². The van der Waals surface area contributed by atoms with Crippen LogP contribution in [0.5, 0.6) is 6.01 Å². The van der Waals surface area contributed by atoms with E-state index in [4.69, 9.17) is 14.7 Å². The van der Waals surface area contributed by atoms with Crippen LogP contribution < -0.4 is 10.1 Å². The van der Waals surface area contributed by atoms with Gasteiger partial charge in [-0.3, -0.25) is 0 Å². The molecule has 7 heteroatoms. The predicted molar refractivity (Wildman–Crippen MR) is 132 cm³/mol. The van der Waals surface area contributed by atoms with Crippen molar-refractivity contribution in [1.29, 1.82) is 0 Å². The quantitative estimate of drug-likeness (QED) is 0.449. The minimum absolute atomic E-state index is 0.0251. The average Bonchev–Trinajstić information content (AvgIpc) is 3.25. The van der Waals surface area contributed by atoms with E-state index >= 15 is 0 Å². The summed E-state index contributed by atoms with van der Waals surface area (Å²) in [6, 6.07) is 15.3. The van der Waals surface area contributed by atoms with E-state index in [0.29, 0.717) is 17.9 Å². The highest BCUT2D eigenvalue weighted by Crippen LogP contribution is 2.29. The van der Waals surface area contributed by atoms with Gasteiger partial charge in [0.2, 0.25) is 5.95 Å². The molecular formula is C26H32N6O. The van der Waals surface area contributed by atoms with Gasteiger partial charge in [-0.1, -0.05) is 56.3 Å². The third kappa shape index (κ3) is 4.37. The number of rotatable bonds is 6. The number of nitrogens with one attached hydrogen (secondary N) is 1. The predicted octanol–water partition coefficient (Wildman–Crippen LogP) is 5.05. The molecule has 0 aliphatic carbocycles. The van der Waals surface area contributed by atoms with Gasteiger partial charge >= 0.3 is 6.01 Å². The van der Waals surface area contributed by atoms with Gasteiger partial charge in [0.1, 0.15) is 6.10 Å². The highest BCUT2D eigenvalue weighted by molar-refractivity contribution is 5.86. The molecule has 7 nitrogen and oxygen atoms in total. The first-order valence-corrected chi connectivity index (χ1v) is 11.8. The maximum absolute atomic E-state index is 6.28. The standard InChI is InChI=1S/C26H32N6O/c1-17(2)23-16-27-32-24(23)29-26(33-20-12-14-31(4)15-13-20)30-25(32)28-18(3)21-11-7-9-19-8-5-6-10-22(19)21/h5-11,16-18,20H,12-15H2,1-4H3,(H,28,29,30)/t18-/m0/s1. The Morgan fingerprint density at radius 3 is 2.52 bits per heavy atom. The van der Waals surface area contributed by atoms with Crippen LogP contribution in [0.15, 0.2) is 48.7 Å². The van der Waals surface area contributed by atoms with Crippen molar-refractivity contribution in [2.45, 2.75) is 51.7 Å². The normalized spacial score (nSPS) is 16.5. The molecule has 0 saturated carbocycles. The summed E-state index contributed by atoms with van der Waals surface area (Å²) >= 11 is 0. The number of piperidine rings is 1. The van der Waals surface area contributed by atoms with E-state index < -0.39 is 0 Å². The summed E-state index contributed by atoms with van der Waals surface area (Å²) in [7, 11) is 2.15. The molecule has 0 amide bonds. The van der Waals surface area contributed by atoms with Gasteiger partial charge in [-0.25, -0.2) is 0 Å². The fourth-order valence-electron chi connectivity index (χ4n) is 4.58. The van der Waals surface area contributed by atoms with E-state index in [1.54, 1.807) is 4.52 Å². The molecule has 1 atom stereocenters. The molecular weight excluding hydrogens is 412 g/mol. The van der Waals surface area contributed by atoms with Crippen LogP contribution in [-0.4, -0.2) is 50.7 Å². The first-order valence-electron chi connectivity index (χ1n) is 11.8. The fourth-order valence-corrected chi connectivity index (χ4v) is 4.58. The van der Waals surface area contributed by atoms with Crippen molar-refractivity contribution >= 4 is 22.4 Å². The third-order valence-electron chi connectivity index (χ3n) is 6.57. The fraction of sp³-hybridized carbons (Fsp3) is 0.423. The van der Waals surface area contributed by atoms with Crippen molar-refractivity contribution in [2.75, 3.05) is 25.5 Å². The molecule has 3 heterocycles. The zero-order valence-electron chi connectivity index (χ0n) is 19.8. The number of nitrogens with zero attached hydrogens (tertiary/aromatic N) is 5. The highest BCUT2D eigenvalue weighted by atomic mass is 16.5. The summed E-state index contributed by atoms with van der Waals surface area (Å²) in [4.78, 5) is 11.9.